The normalized spacial score (nSPS) is 16.2. The van der Waals surface area contributed by atoms with Gasteiger partial charge in [0.1, 0.15) is 0 Å². The van der Waals surface area contributed by atoms with Crippen molar-refractivity contribution in [1.82, 2.24) is 15.0 Å². The number of rotatable bonds is 6. The lowest BCUT2D eigenvalue weighted by atomic mass is 9.97. The Morgan fingerprint density at radius 1 is 1.23 bits per heavy atom. The first-order valence-corrected chi connectivity index (χ1v) is 10.7. The smallest absolute Gasteiger partial charge is 0.254 e. The predicted molar refractivity (Wildman–Crippen MR) is 117 cm³/mol. The molecule has 1 aromatic heterocycles. The Kier molecular flexibility index (Phi) is 6.42. The molecule has 2 heterocycles. The third kappa shape index (κ3) is 4.66. The van der Waals surface area contributed by atoms with Gasteiger partial charge in [0.25, 0.3) is 5.91 Å². The van der Waals surface area contributed by atoms with Crippen molar-refractivity contribution < 1.29 is 18.8 Å². The van der Waals surface area contributed by atoms with Crippen LogP contribution in [0.5, 0.6) is 11.5 Å². The van der Waals surface area contributed by atoms with E-state index in [0.717, 1.165) is 18.4 Å². The number of nitrogens with zero attached hydrogens (tertiary/aromatic N) is 3. The Morgan fingerprint density at radius 3 is 2.77 bits per heavy atom. The van der Waals surface area contributed by atoms with E-state index in [-0.39, 0.29) is 11.8 Å². The van der Waals surface area contributed by atoms with E-state index in [9.17, 15) is 4.79 Å². The van der Waals surface area contributed by atoms with Crippen molar-refractivity contribution in [2.75, 3.05) is 26.8 Å². The summed E-state index contributed by atoms with van der Waals surface area (Å²) in [6, 6.07) is 12.6. The van der Waals surface area contributed by atoms with Crippen LogP contribution in [-0.4, -0.2) is 47.8 Å². The van der Waals surface area contributed by atoms with Gasteiger partial charge in [-0.25, -0.2) is 0 Å². The van der Waals surface area contributed by atoms with Gasteiger partial charge in [0.05, 0.1) is 19.6 Å². The Hall–Kier alpha value is -3.06. The fourth-order valence-corrected chi connectivity index (χ4v) is 3.86. The van der Waals surface area contributed by atoms with Gasteiger partial charge in [-0.2, -0.15) is 4.98 Å². The Morgan fingerprint density at radius 2 is 2.03 bits per heavy atom. The van der Waals surface area contributed by atoms with E-state index in [1.807, 2.05) is 24.0 Å². The van der Waals surface area contributed by atoms with Gasteiger partial charge in [0.15, 0.2) is 11.5 Å². The van der Waals surface area contributed by atoms with Crippen LogP contribution in [0.4, 0.5) is 0 Å². The number of benzene rings is 2. The van der Waals surface area contributed by atoms with Gasteiger partial charge in [0, 0.05) is 29.2 Å². The van der Waals surface area contributed by atoms with E-state index in [0.29, 0.717) is 53.5 Å². The molecule has 0 radical (unpaired) electrons. The van der Waals surface area contributed by atoms with Crippen LogP contribution in [0.15, 0.2) is 47.0 Å². The molecule has 1 atom stereocenters. The minimum atomic E-state index is -0.0523. The number of methoxy groups -OCH3 is 1. The lowest BCUT2D eigenvalue weighted by Crippen LogP contribution is -2.39. The minimum Gasteiger partial charge on any atom is -0.493 e. The number of likely N-dealkylation sites (tertiary alicyclic amines) is 1. The molecule has 0 bridgehead atoms. The maximum Gasteiger partial charge on any atom is 0.254 e. The average Bonchev–Trinajstić information content (AvgIpc) is 3.30. The number of hydrogen-bond donors (Lipinski definition) is 0. The van der Waals surface area contributed by atoms with Crippen LogP contribution in [0.1, 0.15) is 41.9 Å². The molecule has 8 heteroatoms. The molecule has 162 valence electrons. The second-order valence-electron chi connectivity index (χ2n) is 7.35. The average molecular weight is 442 g/mol. The molecule has 31 heavy (non-hydrogen) atoms. The van der Waals surface area contributed by atoms with Crippen LogP contribution in [0.3, 0.4) is 0 Å². The highest BCUT2D eigenvalue weighted by Gasteiger charge is 2.29. The lowest BCUT2D eigenvalue weighted by molar-refractivity contribution is 0.0695. The van der Waals surface area contributed by atoms with Crippen LogP contribution in [0.2, 0.25) is 5.02 Å². The summed E-state index contributed by atoms with van der Waals surface area (Å²) in [5.41, 5.74) is 1.40. The van der Waals surface area contributed by atoms with E-state index >= 15 is 0 Å². The SMILES string of the molecule is CCOc1ccc(C(=O)N2CCC[C@@H](c3nc(-c4ccc(Cl)cc4)no3)C2)cc1OC. The quantitative estimate of drug-likeness (QED) is 0.546. The molecular weight excluding hydrogens is 418 g/mol. The van der Waals surface area contributed by atoms with Crippen LogP contribution >= 0.6 is 11.6 Å². The largest absolute Gasteiger partial charge is 0.493 e. The molecule has 0 saturated carbocycles. The number of carbonyl (C=O) groups is 1. The van der Waals surface area contributed by atoms with E-state index in [1.54, 1.807) is 37.4 Å². The summed E-state index contributed by atoms with van der Waals surface area (Å²) in [6.45, 7) is 3.64. The molecular formula is C23H24ClN3O4. The standard InChI is InChI=1S/C23H24ClN3O4/c1-3-30-19-11-8-16(13-20(19)29-2)23(28)27-12-4-5-17(14-27)22-25-21(26-31-22)15-6-9-18(24)10-7-15/h6-11,13,17H,3-5,12,14H2,1-2H3/t17-/m1/s1. The Bertz CT molecular complexity index is 1050. The number of aromatic nitrogens is 2. The first-order valence-electron chi connectivity index (χ1n) is 10.3. The molecule has 1 amide bonds. The van der Waals surface area contributed by atoms with Gasteiger partial charge in [0.2, 0.25) is 11.7 Å². The van der Waals surface area contributed by atoms with Crippen molar-refractivity contribution in [2.45, 2.75) is 25.7 Å². The molecule has 3 aromatic rings. The zero-order valence-corrected chi connectivity index (χ0v) is 18.3. The van der Waals surface area contributed by atoms with E-state index in [1.165, 1.54) is 0 Å². The van der Waals surface area contributed by atoms with Crippen molar-refractivity contribution in [2.24, 2.45) is 0 Å². The number of amides is 1. The summed E-state index contributed by atoms with van der Waals surface area (Å²) in [5.74, 6) is 2.18. The molecule has 0 unspecified atom stereocenters. The van der Waals surface area contributed by atoms with Gasteiger partial charge in [-0.05, 0) is 62.2 Å². The molecule has 1 saturated heterocycles. The molecule has 1 fully saturated rings. The highest BCUT2D eigenvalue weighted by atomic mass is 35.5. The second kappa shape index (κ2) is 9.39. The van der Waals surface area contributed by atoms with E-state index in [2.05, 4.69) is 10.1 Å². The molecule has 7 nitrogen and oxygen atoms in total. The minimum absolute atomic E-state index is 0.00385. The van der Waals surface area contributed by atoms with Crippen LogP contribution in [0, 0.1) is 0 Å². The van der Waals surface area contributed by atoms with Crippen molar-refractivity contribution in [3.05, 3.63) is 58.9 Å². The highest BCUT2D eigenvalue weighted by molar-refractivity contribution is 6.30. The number of halogens is 1. The zero-order chi connectivity index (χ0) is 21.8. The third-order valence-electron chi connectivity index (χ3n) is 5.31. The zero-order valence-electron chi connectivity index (χ0n) is 17.5. The summed E-state index contributed by atoms with van der Waals surface area (Å²) in [7, 11) is 1.57. The molecule has 1 aliphatic heterocycles. The molecule has 0 aliphatic carbocycles. The third-order valence-corrected chi connectivity index (χ3v) is 5.56. The molecule has 0 N–H and O–H groups in total. The molecule has 4 rings (SSSR count). The van der Waals surface area contributed by atoms with Crippen LogP contribution in [-0.2, 0) is 0 Å². The van der Waals surface area contributed by atoms with E-state index in [4.69, 9.17) is 25.6 Å². The van der Waals surface area contributed by atoms with Crippen molar-refractivity contribution in [3.63, 3.8) is 0 Å². The van der Waals surface area contributed by atoms with Gasteiger partial charge in [-0.15, -0.1) is 0 Å². The number of piperidine rings is 1. The monoisotopic (exact) mass is 441 g/mol. The number of ether oxygens (including phenoxy) is 2. The maximum absolute atomic E-state index is 13.1. The van der Waals surface area contributed by atoms with Gasteiger partial charge < -0.3 is 18.9 Å². The summed E-state index contributed by atoms with van der Waals surface area (Å²) >= 11 is 5.95. The molecule has 2 aromatic carbocycles. The number of carbonyl (C=O) groups excluding carboxylic acids is 1. The Balaban J connectivity index is 1.48. The van der Waals surface area contributed by atoms with Crippen LogP contribution < -0.4 is 9.47 Å². The summed E-state index contributed by atoms with van der Waals surface area (Å²) in [5, 5.41) is 4.76. The van der Waals surface area contributed by atoms with Crippen molar-refractivity contribution in [3.8, 4) is 22.9 Å². The first kappa shape index (κ1) is 21.2. The summed E-state index contributed by atoms with van der Waals surface area (Å²) in [6.07, 6.45) is 1.75. The summed E-state index contributed by atoms with van der Waals surface area (Å²) < 4.78 is 16.5. The topological polar surface area (TPSA) is 77.7 Å². The first-order chi connectivity index (χ1) is 15.1. The molecule has 1 aliphatic rings. The van der Waals surface area contributed by atoms with Gasteiger partial charge in [-0.1, -0.05) is 16.8 Å². The number of hydrogen-bond acceptors (Lipinski definition) is 6. The van der Waals surface area contributed by atoms with Crippen LogP contribution in [0.25, 0.3) is 11.4 Å². The predicted octanol–water partition coefficient (Wildman–Crippen LogP) is 4.82. The van der Waals surface area contributed by atoms with Gasteiger partial charge in [-0.3, -0.25) is 4.79 Å². The maximum atomic E-state index is 13.1. The van der Waals surface area contributed by atoms with Crippen molar-refractivity contribution >= 4 is 17.5 Å². The van der Waals surface area contributed by atoms with Crippen molar-refractivity contribution in [1.29, 1.82) is 0 Å². The summed E-state index contributed by atoms with van der Waals surface area (Å²) in [4.78, 5) is 19.5. The fourth-order valence-electron chi connectivity index (χ4n) is 3.74. The highest BCUT2D eigenvalue weighted by Crippen LogP contribution is 2.31. The second-order valence-corrected chi connectivity index (χ2v) is 7.79. The molecule has 0 spiro atoms. The van der Waals surface area contributed by atoms with Gasteiger partial charge >= 0.3 is 0 Å². The lowest BCUT2D eigenvalue weighted by Gasteiger charge is -2.31. The fraction of sp³-hybridized carbons (Fsp3) is 0.348. The Labute approximate surface area is 185 Å². The van der Waals surface area contributed by atoms with E-state index < -0.39 is 0 Å².